The third-order valence-corrected chi connectivity index (χ3v) is 5.54. The van der Waals surface area contributed by atoms with Crippen LogP contribution in [0.3, 0.4) is 0 Å². The molecular weight excluding hydrogens is 296 g/mol. The number of hydrogen-bond acceptors (Lipinski definition) is 5. The Morgan fingerprint density at radius 3 is 2.70 bits per heavy atom. The molecule has 2 atom stereocenters. The lowest BCUT2D eigenvalue weighted by atomic mass is 9.94. The van der Waals surface area contributed by atoms with Crippen LogP contribution in [0.25, 0.3) is 0 Å². The molecule has 0 spiro atoms. The number of methoxy groups -OCH3 is 1. The van der Waals surface area contributed by atoms with Crippen LogP contribution in [-0.4, -0.2) is 85.1 Å². The Kier molecular flexibility index (Phi) is 5.57. The molecule has 23 heavy (non-hydrogen) atoms. The highest BCUT2D eigenvalue weighted by atomic mass is 16.5. The minimum atomic E-state index is -0.564. The molecule has 3 rings (SSSR count). The molecule has 2 aliphatic heterocycles. The van der Waals surface area contributed by atoms with Crippen LogP contribution in [0.2, 0.25) is 0 Å². The first-order chi connectivity index (χ1) is 11.1. The Morgan fingerprint density at radius 2 is 2.00 bits per heavy atom. The first-order valence-electron chi connectivity index (χ1n) is 8.96. The maximum absolute atomic E-state index is 12.1. The molecule has 0 bridgehead atoms. The molecule has 0 aromatic carbocycles. The number of ether oxygens (including phenoxy) is 2. The maximum atomic E-state index is 12.1. The van der Waals surface area contributed by atoms with Crippen LogP contribution in [0, 0.1) is 0 Å². The molecule has 6 nitrogen and oxygen atoms in total. The Bertz CT molecular complexity index is 409. The van der Waals surface area contributed by atoms with E-state index in [0.717, 1.165) is 38.8 Å². The van der Waals surface area contributed by atoms with E-state index in [9.17, 15) is 9.90 Å². The average Bonchev–Trinajstić information content (AvgIpc) is 2.79. The molecule has 1 N–H and O–H groups in total. The van der Waals surface area contributed by atoms with E-state index in [1.807, 2.05) is 4.90 Å². The molecule has 2 heterocycles. The van der Waals surface area contributed by atoms with Gasteiger partial charge in [-0.05, 0) is 12.8 Å². The molecule has 0 aromatic rings. The van der Waals surface area contributed by atoms with Crippen molar-refractivity contribution >= 4 is 5.91 Å². The minimum absolute atomic E-state index is 0.0540. The van der Waals surface area contributed by atoms with Gasteiger partial charge in [-0.1, -0.05) is 25.7 Å². The van der Waals surface area contributed by atoms with Crippen LogP contribution in [-0.2, 0) is 14.3 Å². The summed E-state index contributed by atoms with van der Waals surface area (Å²) in [5.74, 6) is 0.0540. The van der Waals surface area contributed by atoms with E-state index in [2.05, 4.69) is 4.90 Å². The number of β-amino-alcohol motifs (C(OH)–C–C–N with tert-alkyl or cyclic N) is 1. The van der Waals surface area contributed by atoms with Gasteiger partial charge in [-0.3, -0.25) is 9.69 Å². The van der Waals surface area contributed by atoms with Crippen molar-refractivity contribution in [2.45, 2.75) is 56.3 Å². The SMILES string of the molecule is COCCN1C(=O)CO[C@H]2CN(CC3(O)CCCCCC3)C[C@@H]21. The molecule has 132 valence electrons. The van der Waals surface area contributed by atoms with Gasteiger partial charge in [-0.25, -0.2) is 0 Å². The number of carbonyl (C=O) groups excluding carboxylic acids is 1. The normalized spacial score (nSPS) is 31.9. The highest BCUT2D eigenvalue weighted by Gasteiger charge is 2.44. The summed E-state index contributed by atoms with van der Waals surface area (Å²) >= 11 is 0. The fourth-order valence-corrected chi connectivity index (χ4v) is 4.31. The molecule has 0 aromatic heterocycles. The number of aliphatic hydroxyl groups is 1. The lowest BCUT2D eigenvalue weighted by Gasteiger charge is -2.36. The van der Waals surface area contributed by atoms with Gasteiger partial charge >= 0.3 is 0 Å². The van der Waals surface area contributed by atoms with E-state index in [1.54, 1.807) is 7.11 Å². The van der Waals surface area contributed by atoms with E-state index in [4.69, 9.17) is 9.47 Å². The molecule has 0 radical (unpaired) electrons. The van der Waals surface area contributed by atoms with Crippen LogP contribution in [0.4, 0.5) is 0 Å². The third kappa shape index (κ3) is 4.05. The predicted molar refractivity (Wildman–Crippen MR) is 86.2 cm³/mol. The van der Waals surface area contributed by atoms with Crippen molar-refractivity contribution < 1.29 is 19.4 Å². The van der Waals surface area contributed by atoms with Gasteiger partial charge in [0.05, 0.1) is 24.4 Å². The zero-order chi connectivity index (χ0) is 16.3. The second kappa shape index (κ2) is 7.47. The number of carbonyl (C=O) groups is 1. The number of hydrogen-bond donors (Lipinski definition) is 1. The van der Waals surface area contributed by atoms with Gasteiger partial charge in [0.2, 0.25) is 5.91 Å². The van der Waals surface area contributed by atoms with Crippen molar-refractivity contribution in [2.75, 3.05) is 46.5 Å². The molecule has 2 saturated heterocycles. The minimum Gasteiger partial charge on any atom is -0.389 e. The van der Waals surface area contributed by atoms with E-state index in [0.29, 0.717) is 19.7 Å². The number of likely N-dealkylation sites (tertiary alicyclic amines) is 1. The van der Waals surface area contributed by atoms with E-state index >= 15 is 0 Å². The van der Waals surface area contributed by atoms with Crippen molar-refractivity contribution in [3.05, 3.63) is 0 Å². The molecule has 1 aliphatic carbocycles. The number of nitrogens with zero attached hydrogens (tertiary/aromatic N) is 2. The molecule has 1 amide bonds. The van der Waals surface area contributed by atoms with Crippen LogP contribution in [0.1, 0.15) is 38.5 Å². The fourth-order valence-electron chi connectivity index (χ4n) is 4.31. The van der Waals surface area contributed by atoms with Crippen LogP contribution < -0.4 is 0 Å². The van der Waals surface area contributed by atoms with E-state index in [-0.39, 0.29) is 24.7 Å². The summed E-state index contributed by atoms with van der Waals surface area (Å²) < 4.78 is 10.9. The molecule has 0 unspecified atom stereocenters. The van der Waals surface area contributed by atoms with Gasteiger partial charge < -0.3 is 19.5 Å². The summed E-state index contributed by atoms with van der Waals surface area (Å²) in [6.45, 7) is 3.65. The largest absolute Gasteiger partial charge is 0.389 e. The van der Waals surface area contributed by atoms with E-state index in [1.165, 1.54) is 12.8 Å². The Labute approximate surface area is 138 Å². The van der Waals surface area contributed by atoms with Crippen molar-refractivity contribution in [3.63, 3.8) is 0 Å². The molecule has 1 saturated carbocycles. The second-order valence-corrected chi connectivity index (χ2v) is 7.33. The highest BCUT2D eigenvalue weighted by molar-refractivity contribution is 5.78. The zero-order valence-corrected chi connectivity index (χ0v) is 14.2. The standard InChI is InChI=1S/C17H30N2O4/c1-22-9-8-19-14-10-18(11-15(14)23-12-16(19)20)13-17(21)6-4-2-3-5-7-17/h14-15,21H,2-13H2,1H3/t14-,15-/m0/s1. The monoisotopic (exact) mass is 326 g/mol. The van der Waals surface area contributed by atoms with E-state index < -0.39 is 5.60 Å². The second-order valence-electron chi connectivity index (χ2n) is 7.33. The Morgan fingerprint density at radius 1 is 1.26 bits per heavy atom. The summed E-state index contributed by atoms with van der Waals surface area (Å²) in [5.41, 5.74) is -0.564. The smallest absolute Gasteiger partial charge is 0.249 e. The van der Waals surface area contributed by atoms with Crippen LogP contribution in [0.5, 0.6) is 0 Å². The van der Waals surface area contributed by atoms with Crippen LogP contribution in [0.15, 0.2) is 0 Å². The quantitative estimate of drug-likeness (QED) is 0.751. The molecule has 6 heteroatoms. The lowest BCUT2D eigenvalue weighted by molar-refractivity contribution is -0.153. The van der Waals surface area contributed by atoms with Gasteiger partial charge in [0, 0.05) is 33.3 Å². The van der Waals surface area contributed by atoms with Crippen molar-refractivity contribution in [2.24, 2.45) is 0 Å². The number of morpholine rings is 1. The van der Waals surface area contributed by atoms with Crippen LogP contribution >= 0.6 is 0 Å². The van der Waals surface area contributed by atoms with Crippen molar-refractivity contribution in [1.29, 1.82) is 0 Å². The maximum Gasteiger partial charge on any atom is 0.249 e. The summed E-state index contributed by atoms with van der Waals surface area (Å²) in [4.78, 5) is 16.3. The van der Waals surface area contributed by atoms with Gasteiger partial charge in [-0.15, -0.1) is 0 Å². The third-order valence-electron chi connectivity index (χ3n) is 5.54. The molecular formula is C17H30N2O4. The Balaban J connectivity index is 1.60. The Hall–Kier alpha value is -0.690. The van der Waals surface area contributed by atoms with Gasteiger partial charge in [0.25, 0.3) is 0 Å². The highest BCUT2D eigenvalue weighted by Crippen LogP contribution is 2.31. The molecule has 3 fully saturated rings. The van der Waals surface area contributed by atoms with Gasteiger partial charge in [0.15, 0.2) is 0 Å². The number of fused-ring (bicyclic) bond motifs is 1. The number of rotatable bonds is 5. The summed E-state index contributed by atoms with van der Waals surface area (Å²) in [6.07, 6.45) is 6.56. The van der Waals surface area contributed by atoms with Gasteiger partial charge in [0.1, 0.15) is 6.61 Å². The molecule has 3 aliphatic rings. The topological polar surface area (TPSA) is 62.2 Å². The van der Waals surface area contributed by atoms with Crippen molar-refractivity contribution in [1.82, 2.24) is 9.80 Å². The predicted octanol–water partition coefficient (Wildman–Crippen LogP) is 0.630. The first-order valence-corrected chi connectivity index (χ1v) is 8.96. The average molecular weight is 326 g/mol. The number of amides is 1. The summed E-state index contributed by atoms with van der Waals surface area (Å²) in [5, 5.41) is 10.9. The summed E-state index contributed by atoms with van der Waals surface area (Å²) in [7, 11) is 1.66. The van der Waals surface area contributed by atoms with Crippen molar-refractivity contribution in [3.8, 4) is 0 Å². The summed E-state index contributed by atoms with van der Waals surface area (Å²) in [6, 6.07) is 0.0979. The fraction of sp³-hybridized carbons (Fsp3) is 0.941. The van der Waals surface area contributed by atoms with Gasteiger partial charge in [-0.2, -0.15) is 0 Å². The lowest BCUT2D eigenvalue weighted by Crippen LogP contribution is -2.54. The first kappa shape index (κ1) is 17.1. The zero-order valence-electron chi connectivity index (χ0n) is 14.2.